The number of anilines is 2. The van der Waals surface area contributed by atoms with E-state index in [1.807, 2.05) is 43.4 Å². The molecule has 1 heterocycles. The Morgan fingerprint density at radius 2 is 1.96 bits per heavy atom. The van der Waals surface area contributed by atoms with Gasteiger partial charge in [-0.1, -0.05) is 31.4 Å². The molecule has 0 radical (unpaired) electrons. The van der Waals surface area contributed by atoms with Crippen molar-refractivity contribution in [2.45, 2.75) is 46.1 Å². The fourth-order valence-electron chi connectivity index (χ4n) is 2.68. The second kappa shape index (κ2) is 10.2. The maximum absolute atomic E-state index is 12.6. The van der Waals surface area contributed by atoms with Crippen LogP contribution < -0.4 is 10.6 Å². The number of Topliss-reactive ketones (excluding diaryl/α,β-unsaturated/α-hetero) is 1. The number of nitrogens with one attached hydrogen (secondary N) is 2. The van der Waals surface area contributed by atoms with Crippen LogP contribution >= 0.6 is 11.3 Å². The van der Waals surface area contributed by atoms with Gasteiger partial charge in [0.2, 0.25) is 0 Å². The third-order valence-electron chi connectivity index (χ3n) is 3.98. The zero-order valence-electron chi connectivity index (χ0n) is 16.5. The lowest BCUT2D eigenvalue weighted by atomic mass is 10.0. The predicted octanol–water partition coefficient (Wildman–Crippen LogP) is 4.92. The van der Waals surface area contributed by atoms with Crippen molar-refractivity contribution in [3.8, 4) is 0 Å². The number of ketones is 1. The molecule has 146 valence electrons. The minimum Gasteiger partial charge on any atom is -0.307 e. The number of thiazole rings is 1. The fraction of sp³-hybridized carbons (Fsp3) is 0.450. The quantitative estimate of drug-likeness (QED) is 0.472. The van der Waals surface area contributed by atoms with Crippen LogP contribution in [0.15, 0.2) is 23.6 Å². The number of amides is 2. The summed E-state index contributed by atoms with van der Waals surface area (Å²) in [6.45, 7) is 4.76. The number of aromatic nitrogens is 1. The largest absolute Gasteiger partial charge is 0.325 e. The van der Waals surface area contributed by atoms with E-state index in [0.717, 1.165) is 30.5 Å². The van der Waals surface area contributed by atoms with Crippen molar-refractivity contribution in [3.63, 3.8) is 0 Å². The smallest absolute Gasteiger partial charge is 0.307 e. The van der Waals surface area contributed by atoms with Gasteiger partial charge in [0.15, 0.2) is 10.9 Å². The second-order valence-electron chi connectivity index (χ2n) is 6.89. The molecule has 2 rings (SSSR count). The number of carbonyl (C=O) groups is 2. The van der Waals surface area contributed by atoms with Crippen molar-refractivity contribution >= 4 is 34.0 Å². The minimum atomic E-state index is -0.396. The molecule has 2 aromatic rings. The number of carbonyl (C=O) groups excluding carboxylic acids is 2. The highest BCUT2D eigenvalue weighted by Crippen LogP contribution is 2.22. The van der Waals surface area contributed by atoms with E-state index in [0.29, 0.717) is 29.3 Å². The van der Waals surface area contributed by atoms with Crippen molar-refractivity contribution in [1.29, 1.82) is 0 Å². The van der Waals surface area contributed by atoms with Crippen molar-refractivity contribution in [1.82, 2.24) is 9.88 Å². The monoisotopic (exact) mass is 388 g/mol. The Kier molecular flexibility index (Phi) is 7.94. The maximum atomic E-state index is 12.6. The molecule has 0 atom stereocenters. The van der Waals surface area contributed by atoms with Crippen LogP contribution in [0.3, 0.4) is 0 Å². The topological polar surface area (TPSA) is 74.3 Å². The van der Waals surface area contributed by atoms with Gasteiger partial charge in [-0.25, -0.2) is 9.78 Å². The molecular formula is C20H28N4O2S. The van der Waals surface area contributed by atoms with E-state index in [4.69, 9.17) is 0 Å². The summed E-state index contributed by atoms with van der Waals surface area (Å²) in [5, 5.41) is 7.99. The summed E-state index contributed by atoms with van der Waals surface area (Å²) in [6.07, 6.45) is 3.45. The SMILES string of the molecule is CCCCCC(=O)c1cc(C)ccc1NC(=O)Nc1nc(CN(C)C)cs1. The van der Waals surface area contributed by atoms with Gasteiger partial charge in [-0.2, -0.15) is 0 Å². The summed E-state index contributed by atoms with van der Waals surface area (Å²) in [5.74, 6) is 0.0602. The number of hydrogen-bond acceptors (Lipinski definition) is 5. The van der Waals surface area contributed by atoms with Crippen molar-refractivity contribution in [2.75, 3.05) is 24.7 Å². The Morgan fingerprint density at radius 1 is 1.19 bits per heavy atom. The molecule has 0 fully saturated rings. The van der Waals surface area contributed by atoms with E-state index in [2.05, 4.69) is 22.5 Å². The maximum Gasteiger partial charge on any atom is 0.325 e. The van der Waals surface area contributed by atoms with E-state index in [9.17, 15) is 9.59 Å². The molecule has 7 heteroatoms. The number of urea groups is 1. The molecule has 0 spiro atoms. The molecule has 2 N–H and O–H groups in total. The lowest BCUT2D eigenvalue weighted by Crippen LogP contribution is -2.21. The first-order valence-electron chi connectivity index (χ1n) is 9.20. The van der Waals surface area contributed by atoms with E-state index in [-0.39, 0.29) is 5.78 Å². The van der Waals surface area contributed by atoms with E-state index < -0.39 is 6.03 Å². The molecule has 1 aromatic heterocycles. The van der Waals surface area contributed by atoms with Gasteiger partial charge in [0.05, 0.1) is 11.4 Å². The number of unbranched alkanes of at least 4 members (excludes halogenated alkanes) is 2. The van der Waals surface area contributed by atoms with Gasteiger partial charge in [0, 0.05) is 23.9 Å². The van der Waals surface area contributed by atoms with Crippen LogP contribution in [0.1, 0.15) is 54.2 Å². The van der Waals surface area contributed by atoms with E-state index in [1.54, 1.807) is 6.07 Å². The van der Waals surface area contributed by atoms with Crippen LogP contribution in [0.2, 0.25) is 0 Å². The molecule has 6 nitrogen and oxygen atoms in total. The van der Waals surface area contributed by atoms with Crippen LogP contribution in [0, 0.1) is 6.92 Å². The summed E-state index contributed by atoms with van der Waals surface area (Å²) in [7, 11) is 3.94. The average Bonchev–Trinajstić information content (AvgIpc) is 3.02. The highest BCUT2D eigenvalue weighted by atomic mass is 32.1. The van der Waals surface area contributed by atoms with Crippen LogP contribution in [-0.4, -0.2) is 35.8 Å². The van der Waals surface area contributed by atoms with E-state index >= 15 is 0 Å². The summed E-state index contributed by atoms with van der Waals surface area (Å²) in [5.41, 5.74) is 2.99. The lowest BCUT2D eigenvalue weighted by molar-refractivity contribution is 0.0980. The standard InChI is InChI=1S/C20H28N4O2S/c1-5-6-7-8-18(25)16-11-14(2)9-10-17(16)22-19(26)23-20-21-15(13-27-20)12-24(3)4/h9-11,13H,5-8,12H2,1-4H3,(H2,21,22,23,26). The normalized spacial score (nSPS) is 10.9. The van der Waals surface area contributed by atoms with E-state index in [1.165, 1.54) is 11.3 Å². The first kappa shape index (κ1) is 21.1. The molecule has 2 amide bonds. The molecule has 0 unspecified atom stereocenters. The van der Waals surface area contributed by atoms with Crippen LogP contribution in [0.4, 0.5) is 15.6 Å². The predicted molar refractivity (Wildman–Crippen MR) is 112 cm³/mol. The summed E-state index contributed by atoms with van der Waals surface area (Å²) >= 11 is 1.38. The number of aryl methyl sites for hydroxylation is 1. The minimum absolute atomic E-state index is 0.0602. The molecule has 0 aliphatic rings. The van der Waals surface area contributed by atoms with Crippen molar-refractivity contribution in [3.05, 3.63) is 40.4 Å². The molecule has 27 heavy (non-hydrogen) atoms. The van der Waals surface area contributed by atoms with Crippen LogP contribution in [0.25, 0.3) is 0 Å². The van der Waals surface area contributed by atoms with Gasteiger partial charge < -0.3 is 10.2 Å². The van der Waals surface area contributed by atoms with Gasteiger partial charge in [-0.15, -0.1) is 11.3 Å². The zero-order chi connectivity index (χ0) is 19.8. The third-order valence-corrected chi connectivity index (χ3v) is 4.79. The Hall–Kier alpha value is -2.25. The Morgan fingerprint density at radius 3 is 2.67 bits per heavy atom. The fourth-order valence-corrected chi connectivity index (χ4v) is 3.38. The van der Waals surface area contributed by atoms with Gasteiger partial charge >= 0.3 is 6.03 Å². The van der Waals surface area contributed by atoms with Crippen molar-refractivity contribution in [2.24, 2.45) is 0 Å². The molecular weight excluding hydrogens is 360 g/mol. The molecule has 0 saturated carbocycles. The summed E-state index contributed by atoms with van der Waals surface area (Å²) in [4.78, 5) is 31.3. The van der Waals surface area contributed by atoms with Gasteiger partial charge in [0.25, 0.3) is 0 Å². The van der Waals surface area contributed by atoms with Crippen LogP contribution in [0.5, 0.6) is 0 Å². The highest BCUT2D eigenvalue weighted by Gasteiger charge is 2.14. The number of nitrogens with zero attached hydrogens (tertiary/aromatic N) is 2. The lowest BCUT2D eigenvalue weighted by Gasteiger charge is -2.11. The van der Waals surface area contributed by atoms with Gasteiger partial charge in [-0.3, -0.25) is 10.1 Å². The molecule has 0 bridgehead atoms. The van der Waals surface area contributed by atoms with Gasteiger partial charge in [0.1, 0.15) is 0 Å². The molecule has 1 aromatic carbocycles. The highest BCUT2D eigenvalue weighted by molar-refractivity contribution is 7.13. The van der Waals surface area contributed by atoms with Crippen molar-refractivity contribution < 1.29 is 9.59 Å². The van der Waals surface area contributed by atoms with Gasteiger partial charge in [-0.05, 0) is 39.6 Å². The molecule has 0 aliphatic carbocycles. The Bertz CT molecular complexity index is 786. The molecule has 0 saturated heterocycles. The average molecular weight is 389 g/mol. The third kappa shape index (κ3) is 6.77. The molecule has 0 aliphatic heterocycles. The van der Waals surface area contributed by atoms with Crippen LogP contribution in [-0.2, 0) is 6.54 Å². The summed E-state index contributed by atoms with van der Waals surface area (Å²) in [6, 6.07) is 5.10. The Balaban J connectivity index is 2.04. The summed E-state index contributed by atoms with van der Waals surface area (Å²) < 4.78 is 0. The first-order valence-corrected chi connectivity index (χ1v) is 10.1. The Labute approximate surface area is 165 Å². The second-order valence-corrected chi connectivity index (χ2v) is 7.75. The zero-order valence-corrected chi connectivity index (χ0v) is 17.3. The number of rotatable bonds is 9. The number of hydrogen-bond donors (Lipinski definition) is 2. The number of benzene rings is 1. The first-order chi connectivity index (χ1) is 12.9.